The predicted molar refractivity (Wildman–Crippen MR) is 337 cm³/mol. The molecular formula is C59H117Cl3N8O15. The van der Waals surface area contributed by atoms with Gasteiger partial charge in [-0.1, -0.05) is 177 Å². The first-order chi connectivity index (χ1) is 38.4. The van der Waals surface area contributed by atoms with Crippen molar-refractivity contribution < 1.29 is 73.4 Å². The molecule has 0 radical (unpaired) electrons. The minimum absolute atomic E-state index is 0.00262. The average Bonchev–Trinajstić information content (AvgIpc) is 3.41. The van der Waals surface area contributed by atoms with E-state index in [-0.39, 0.29) is 41.4 Å². The highest BCUT2D eigenvalue weighted by Gasteiger charge is 2.29. The van der Waals surface area contributed by atoms with Gasteiger partial charge < -0.3 is 67.6 Å². The van der Waals surface area contributed by atoms with E-state index >= 15 is 0 Å². The van der Waals surface area contributed by atoms with Crippen LogP contribution in [0.2, 0.25) is 0 Å². The second-order valence-electron chi connectivity index (χ2n) is 23.4. The lowest BCUT2D eigenvalue weighted by molar-refractivity contribution is -0.174. The fourth-order valence-corrected chi connectivity index (χ4v) is 5.60. The lowest BCUT2D eigenvalue weighted by Crippen LogP contribution is -2.48. The maximum atomic E-state index is 11.6. The van der Waals surface area contributed by atoms with Crippen molar-refractivity contribution in [2.75, 3.05) is 14.2 Å². The number of carboxylic acid groups (broad SMARTS) is 1. The number of carbonyl (C=O) groups is 7. The third kappa shape index (κ3) is 58.5. The number of alkyl carbamates (subject to hydrolysis) is 2. The Hall–Kier alpha value is -4.30. The maximum absolute atomic E-state index is 11.6. The van der Waals surface area contributed by atoms with Crippen LogP contribution in [0.5, 0.6) is 0 Å². The Kier molecular flexibility index (Phi) is 60.2. The molecule has 0 aliphatic carbocycles. The predicted octanol–water partition coefficient (Wildman–Crippen LogP) is 9.36. The van der Waals surface area contributed by atoms with Crippen LogP contribution in [0.3, 0.4) is 0 Å². The molecule has 0 rings (SSSR count). The van der Waals surface area contributed by atoms with Gasteiger partial charge in [-0.05, 0) is 96.8 Å². The van der Waals surface area contributed by atoms with E-state index in [0.29, 0.717) is 17.8 Å². The number of aliphatic hydroxyl groups excluding tert-OH is 3. The Morgan fingerprint density at radius 2 is 0.941 bits per heavy atom. The van der Waals surface area contributed by atoms with E-state index in [0.717, 1.165) is 44.8 Å². The van der Waals surface area contributed by atoms with Crippen LogP contribution in [0.15, 0.2) is 0 Å². The molecule has 85 heavy (non-hydrogen) atoms. The summed E-state index contributed by atoms with van der Waals surface area (Å²) in [7, 11) is 3.14. The summed E-state index contributed by atoms with van der Waals surface area (Å²) in [6.45, 7) is 42.6. The number of rotatable bonds is 23. The van der Waals surface area contributed by atoms with Crippen LogP contribution in [0, 0.1) is 75.9 Å². The molecule has 0 fully saturated rings. The molecule has 0 bridgehead atoms. The largest absolute Gasteiger partial charge is 0.481 e. The lowest BCUT2D eigenvalue weighted by atomic mass is 9.88. The van der Waals surface area contributed by atoms with Gasteiger partial charge in [0.1, 0.15) is 35.3 Å². The first-order valence-electron chi connectivity index (χ1n) is 28.8. The molecule has 0 aromatic heterocycles. The van der Waals surface area contributed by atoms with E-state index in [1.165, 1.54) is 26.0 Å². The zero-order chi connectivity index (χ0) is 69.7. The van der Waals surface area contributed by atoms with Crippen molar-refractivity contribution in [2.45, 2.75) is 255 Å². The molecule has 504 valence electrons. The van der Waals surface area contributed by atoms with Gasteiger partial charge in [0, 0.05) is 19.0 Å². The number of halogens is 3. The van der Waals surface area contributed by atoms with Crippen molar-refractivity contribution in [3.63, 3.8) is 0 Å². The van der Waals surface area contributed by atoms with Gasteiger partial charge in [-0.25, -0.2) is 14.7 Å². The summed E-state index contributed by atoms with van der Waals surface area (Å²) < 4.78 is 9.39. The number of nitrogens with one attached hydrogen (secondary N) is 2. The summed E-state index contributed by atoms with van der Waals surface area (Å²) in [5.74, 6) is -0.959. The molecule has 0 aromatic carbocycles. The van der Waals surface area contributed by atoms with Crippen LogP contribution in [0.25, 0.3) is 0 Å². The zero-order valence-corrected chi connectivity index (χ0v) is 58.4. The topological polar surface area (TPSA) is 401 Å². The number of aliphatic carboxylic acids is 1. The van der Waals surface area contributed by atoms with Crippen LogP contribution in [-0.4, -0.2) is 144 Å². The number of amides is 5. The van der Waals surface area contributed by atoms with E-state index in [9.17, 15) is 43.8 Å². The summed E-state index contributed by atoms with van der Waals surface area (Å²) in [4.78, 5) is 81.2. The second kappa shape index (κ2) is 52.8. The van der Waals surface area contributed by atoms with Gasteiger partial charge in [-0.3, -0.25) is 24.0 Å². The van der Waals surface area contributed by atoms with Gasteiger partial charge in [-0.2, -0.15) is 10.5 Å². The number of hydrogen-bond acceptors (Lipinski definition) is 17. The summed E-state index contributed by atoms with van der Waals surface area (Å²) in [5, 5.41) is 67.8. The Morgan fingerprint density at radius 3 is 1.19 bits per heavy atom. The molecule has 0 aromatic rings. The molecule has 0 spiro atoms. The fourth-order valence-electron chi connectivity index (χ4n) is 5.60. The highest BCUT2D eigenvalue weighted by Crippen LogP contribution is 2.19. The SMILES string of the molecule is CC(C)(O)C#N.CC[C@@H](C)[C@@H](C=O)NC(=O)OC(C)(C)C.CC[C@@H](C)[C@H](C)C(=O)N(C)OC.CC[C@@H](C)[C@H](C)C(=O)O.CC[C@@H](C)[C@H](C)C(O)C(N)=O.CC[C@@H](C)[C@H](N)C(O)C(N)=O.CC[C@@H](C)[C@H](NC(=O)OC(C)(C)C)C(O)C#N.ClC(Cl)Cl. The average molecular weight is 1280 g/mol. The van der Waals surface area contributed by atoms with Crippen molar-refractivity contribution in [3.05, 3.63) is 0 Å². The third-order valence-corrected chi connectivity index (χ3v) is 13.4. The normalized spacial score (nSPS) is 16.0. The smallest absolute Gasteiger partial charge is 0.408 e. The van der Waals surface area contributed by atoms with Crippen molar-refractivity contribution in [2.24, 2.45) is 70.5 Å². The van der Waals surface area contributed by atoms with E-state index in [4.69, 9.17) is 92.2 Å². The summed E-state index contributed by atoms with van der Waals surface area (Å²) in [6, 6.07) is 1.77. The molecule has 0 aliphatic rings. The van der Waals surface area contributed by atoms with Gasteiger partial charge in [0.05, 0.1) is 37.2 Å². The molecule has 13 N–H and O–H groups in total. The number of hydrogen-bond donors (Lipinski definition) is 10. The highest BCUT2D eigenvalue weighted by molar-refractivity contribution is 6.63. The molecule has 5 amide bonds. The molecule has 0 heterocycles. The van der Waals surface area contributed by atoms with Crippen LogP contribution in [0.1, 0.15) is 198 Å². The molecular weight excluding hydrogens is 1170 g/mol. The van der Waals surface area contributed by atoms with Crippen LogP contribution in [-0.2, 0) is 38.3 Å². The van der Waals surface area contributed by atoms with Crippen molar-refractivity contribution in [3.8, 4) is 12.1 Å². The van der Waals surface area contributed by atoms with Crippen LogP contribution >= 0.6 is 34.8 Å². The summed E-state index contributed by atoms with van der Waals surface area (Å²) in [5.41, 5.74) is 13.0. The number of carbonyl (C=O) groups excluding carboxylic acids is 6. The minimum atomic E-state index is -1.22. The number of aldehydes is 1. The Balaban J connectivity index is -0.000000136. The standard InChI is InChI=1S/C12H22N2O3.C11H21NO3.C9H19NO2.C8H17NO2.C7H16N2O2.C7H14O2.C4H7NO.CHCl3/c1-6-8(2)10(9(15)7-13)14-11(16)17-12(3,4)5;1-6-8(2)9(7-13)12-10(14)15-11(3,4)5;1-6-7(2)8(3)9(11)10(4)12-5;1-4-5(2)6(3)7(10)8(9)11;1-3-4(2)5(8)6(10)7(9)11;1-4-5(2)6(3)7(8)9;1-4(2,6)3-5;2-1(3)4/h8-10,15H,6H2,1-5H3,(H,14,16);7-9H,6H2,1-5H3,(H,12,14);7-8H,6H2,1-5H3;5-7,10H,4H2,1-3H3,(H2,9,11);4-6,10H,3,8H2,1-2H3,(H2,9,11);5-6H,4H2,1-3H3,(H,8,9);6H,1-2H3;1H/t8-,9?,10+;8-,9-;7-,8+;5-,6+,7?;4-,5+,6?;5-,6+;;/m111111../s1. The van der Waals surface area contributed by atoms with Gasteiger partial charge in [0.15, 0.2) is 10.4 Å². The fraction of sp³-hybridized carbons (Fsp3) is 0.847. The Morgan fingerprint density at radius 1 is 0.612 bits per heavy atom. The van der Waals surface area contributed by atoms with Crippen LogP contribution in [0.4, 0.5) is 9.59 Å². The Labute approximate surface area is 526 Å². The highest BCUT2D eigenvalue weighted by atomic mass is 35.6. The first kappa shape index (κ1) is 97.0. The summed E-state index contributed by atoms with van der Waals surface area (Å²) >= 11 is 14.4. The first-order valence-corrected chi connectivity index (χ1v) is 30.1. The van der Waals surface area contributed by atoms with E-state index in [1.54, 1.807) is 67.7 Å². The molecule has 26 heteroatoms. The molecule has 23 nitrogen and oxygen atoms in total. The number of aliphatic hydroxyl groups is 4. The number of nitrogens with two attached hydrogens (primary N) is 3. The third-order valence-electron chi connectivity index (χ3n) is 13.4. The number of primary amides is 2. The second-order valence-corrected chi connectivity index (χ2v) is 25.3. The van der Waals surface area contributed by atoms with Gasteiger partial charge in [0.2, 0.25) is 17.7 Å². The molecule has 0 saturated heterocycles. The molecule has 0 aliphatic heterocycles. The monoisotopic (exact) mass is 1280 g/mol. The zero-order valence-electron chi connectivity index (χ0n) is 56.1. The number of ether oxygens (including phenoxy) is 2. The minimum Gasteiger partial charge on any atom is -0.481 e. The van der Waals surface area contributed by atoms with Crippen molar-refractivity contribution >= 4 is 77.0 Å². The van der Waals surface area contributed by atoms with E-state index in [2.05, 4.69) is 24.5 Å². The molecule has 15 atom stereocenters. The lowest BCUT2D eigenvalue weighted by Gasteiger charge is -2.27. The maximum Gasteiger partial charge on any atom is 0.408 e. The van der Waals surface area contributed by atoms with Gasteiger partial charge in [-0.15, -0.1) is 0 Å². The van der Waals surface area contributed by atoms with Crippen molar-refractivity contribution in [1.82, 2.24) is 15.7 Å². The van der Waals surface area contributed by atoms with E-state index in [1.807, 2.05) is 83.1 Å². The van der Waals surface area contributed by atoms with Crippen LogP contribution < -0.4 is 27.8 Å². The number of nitrogens with zero attached hydrogens (tertiary/aromatic N) is 3. The number of nitriles is 2. The quantitative estimate of drug-likeness (QED) is 0.0197. The Bertz CT molecular complexity index is 1840. The van der Waals surface area contributed by atoms with E-state index < -0.39 is 87.5 Å². The summed E-state index contributed by atoms with van der Waals surface area (Å²) in [6.07, 6.45) is 1.47. The van der Waals surface area contributed by atoms with Crippen molar-refractivity contribution in [1.29, 1.82) is 10.5 Å². The number of hydroxylamine groups is 2. The molecule has 3 unspecified atom stereocenters. The molecule has 0 saturated carbocycles. The van der Waals surface area contributed by atoms with Gasteiger partial charge in [0.25, 0.3) is 0 Å². The number of alkyl halides is 3. The van der Waals surface area contributed by atoms with Gasteiger partial charge >= 0.3 is 18.2 Å². The number of carboxylic acids is 1.